The lowest BCUT2D eigenvalue weighted by atomic mass is 9.82. The average molecular weight is 705 g/mol. The van der Waals surface area contributed by atoms with E-state index in [0.717, 1.165) is 103 Å². The molecular formula is C36H64N8O6. The van der Waals surface area contributed by atoms with Crippen molar-refractivity contribution in [3.63, 3.8) is 0 Å². The first-order valence-electron chi connectivity index (χ1n) is 19.7. The normalized spacial score (nSPS) is 29.7. The molecule has 0 bridgehead atoms. The van der Waals surface area contributed by atoms with Crippen molar-refractivity contribution in [2.75, 3.05) is 78.5 Å². The molecule has 50 heavy (non-hydrogen) atoms. The van der Waals surface area contributed by atoms with Gasteiger partial charge in [-0.15, -0.1) is 0 Å². The Bertz CT molecular complexity index is 990. The van der Waals surface area contributed by atoms with E-state index in [1.54, 1.807) is 19.6 Å². The van der Waals surface area contributed by atoms with Crippen LogP contribution in [0.2, 0.25) is 0 Å². The fourth-order valence-corrected chi connectivity index (χ4v) is 8.32. The number of nitrogens with two attached hydrogens (primary N) is 2. The highest BCUT2D eigenvalue weighted by Crippen LogP contribution is 2.29. The maximum absolute atomic E-state index is 13.0. The molecule has 2 heterocycles. The molecule has 5 aliphatic rings. The van der Waals surface area contributed by atoms with Crippen molar-refractivity contribution in [3.8, 4) is 0 Å². The summed E-state index contributed by atoms with van der Waals surface area (Å²) < 4.78 is 11.8. The molecule has 3 aliphatic carbocycles. The Kier molecular flexibility index (Phi) is 15.0. The van der Waals surface area contributed by atoms with Gasteiger partial charge in [0.1, 0.15) is 12.2 Å². The van der Waals surface area contributed by atoms with E-state index in [-0.39, 0.29) is 36.5 Å². The molecular weight excluding hydrogens is 640 g/mol. The van der Waals surface area contributed by atoms with Gasteiger partial charge < -0.3 is 51.2 Å². The summed E-state index contributed by atoms with van der Waals surface area (Å²) in [5.41, 5.74) is 11.6. The maximum Gasteiger partial charge on any atom is 0.410 e. The summed E-state index contributed by atoms with van der Waals surface area (Å²) in [6, 6.07) is -0.0999. The van der Waals surface area contributed by atoms with Gasteiger partial charge >= 0.3 is 24.2 Å². The molecule has 5 rings (SSSR count). The number of nitrogens with one attached hydrogen (secondary N) is 2. The molecule has 14 heteroatoms. The maximum atomic E-state index is 13.0. The zero-order chi connectivity index (χ0) is 35.3. The quantitative estimate of drug-likeness (QED) is 0.297. The molecule has 0 radical (unpaired) electrons. The number of amides is 6. The van der Waals surface area contributed by atoms with E-state index in [4.69, 9.17) is 20.9 Å². The number of piperazine rings is 2. The van der Waals surface area contributed by atoms with Crippen LogP contribution in [0.4, 0.5) is 19.2 Å². The van der Waals surface area contributed by atoms with Gasteiger partial charge in [-0.3, -0.25) is 0 Å². The van der Waals surface area contributed by atoms with E-state index in [1.165, 1.54) is 0 Å². The Balaban J connectivity index is 0.914. The lowest BCUT2D eigenvalue weighted by Gasteiger charge is -2.36. The number of hydrogen-bond donors (Lipinski definition) is 4. The summed E-state index contributed by atoms with van der Waals surface area (Å²) in [7, 11) is 0. The second-order valence-corrected chi connectivity index (χ2v) is 15.4. The van der Waals surface area contributed by atoms with E-state index in [0.29, 0.717) is 89.1 Å². The summed E-state index contributed by atoms with van der Waals surface area (Å²) in [6.45, 7) is 6.77. The highest BCUT2D eigenvalue weighted by Gasteiger charge is 2.31. The number of hydrogen-bond acceptors (Lipinski definition) is 8. The molecule has 284 valence electrons. The Morgan fingerprint density at radius 2 is 0.760 bits per heavy atom. The first-order valence-corrected chi connectivity index (χ1v) is 19.7. The van der Waals surface area contributed by atoms with Crippen LogP contribution in [0.3, 0.4) is 0 Å². The second-order valence-electron chi connectivity index (χ2n) is 15.4. The van der Waals surface area contributed by atoms with Crippen molar-refractivity contribution < 1.29 is 28.7 Å². The smallest absolute Gasteiger partial charge is 0.410 e. The first kappa shape index (κ1) is 38.2. The minimum Gasteiger partial charge on any atom is -0.446 e. The number of ether oxygens (including phenoxy) is 2. The zero-order valence-corrected chi connectivity index (χ0v) is 30.2. The summed E-state index contributed by atoms with van der Waals surface area (Å²) in [6.07, 6.45) is 12.7. The van der Waals surface area contributed by atoms with Crippen molar-refractivity contribution in [1.29, 1.82) is 0 Å². The van der Waals surface area contributed by atoms with Gasteiger partial charge in [0.05, 0.1) is 0 Å². The molecule has 14 nitrogen and oxygen atoms in total. The van der Waals surface area contributed by atoms with Crippen molar-refractivity contribution in [2.45, 2.75) is 102 Å². The van der Waals surface area contributed by atoms with E-state index in [2.05, 4.69) is 10.6 Å². The molecule has 6 amide bonds. The van der Waals surface area contributed by atoms with Gasteiger partial charge in [0.15, 0.2) is 0 Å². The number of carbonyl (C=O) groups is 4. The molecule has 0 aromatic carbocycles. The third-order valence-corrected chi connectivity index (χ3v) is 12.0. The molecule has 0 spiro atoms. The highest BCUT2D eigenvalue weighted by atomic mass is 16.6. The summed E-state index contributed by atoms with van der Waals surface area (Å²) in [5.74, 6) is 2.30. The molecule has 2 saturated heterocycles. The minimum atomic E-state index is -0.308. The predicted octanol–water partition coefficient (Wildman–Crippen LogP) is 3.54. The molecule has 6 N–H and O–H groups in total. The standard InChI is InChI=1S/C36H64N8O6/c37-23-27-7-11-29(12-8-27)25-39-33(45)41-15-19-43(20-16-41)35(47)49-31-3-1-4-32(6-2-5-31)50-36(48)44-21-17-42(18-22-44)34(46)40-26-30-13-9-28(24-38)10-14-30/h27-32H,1-26,37-38H2,(H,39,45)(H,40,46)/t27-,28-,29-,30-,31-,32+. The molecule has 3 saturated carbocycles. The number of rotatable bonds is 8. The van der Waals surface area contributed by atoms with Gasteiger partial charge in [0.2, 0.25) is 0 Å². The second kappa shape index (κ2) is 19.6. The first-order chi connectivity index (χ1) is 24.3. The monoisotopic (exact) mass is 704 g/mol. The largest absolute Gasteiger partial charge is 0.446 e. The SMILES string of the molecule is NC[C@H]1CC[C@H](CNC(=O)N2CCN(C(=O)O[C@H]3CCC[C@@H](OC(=O)N4CCN(C(=O)NC[C@H]5CC[C@H](CN)CC5)CC4)CCC3)CC2)CC1. The van der Waals surface area contributed by atoms with Crippen LogP contribution in [0.25, 0.3) is 0 Å². The third kappa shape index (κ3) is 11.5. The van der Waals surface area contributed by atoms with Crippen LogP contribution in [0.15, 0.2) is 0 Å². The van der Waals surface area contributed by atoms with Crippen LogP contribution in [-0.2, 0) is 9.47 Å². The Morgan fingerprint density at radius 3 is 1.08 bits per heavy atom. The topological polar surface area (TPSA) is 176 Å². The number of urea groups is 2. The molecule has 0 aromatic rings. The molecule has 0 aromatic heterocycles. The Hall–Kier alpha value is -3.00. The van der Waals surface area contributed by atoms with Crippen LogP contribution >= 0.6 is 0 Å². The minimum absolute atomic E-state index is 0.0500. The van der Waals surface area contributed by atoms with Crippen molar-refractivity contribution in [3.05, 3.63) is 0 Å². The van der Waals surface area contributed by atoms with Gasteiger partial charge in [-0.25, -0.2) is 19.2 Å². The zero-order valence-electron chi connectivity index (χ0n) is 30.2. The highest BCUT2D eigenvalue weighted by molar-refractivity contribution is 5.75. The fraction of sp³-hybridized carbons (Fsp3) is 0.889. The van der Waals surface area contributed by atoms with Crippen LogP contribution in [0.1, 0.15) is 89.9 Å². The lowest BCUT2D eigenvalue weighted by Crippen LogP contribution is -2.54. The van der Waals surface area contributed by atoms with Crippen molar-refractivity contribution in [1.82, 2.24) is 30.2 Å². The van der Waals surface area contributed by atoms with E-state index < -0.39 is 0 Å². The molecule has 5 fully saturated rings. The average Bonchev–Trinajstić information content (AvgIpc) is 3.15. The Labute approximate surface area is 298 Å². The predicted molar refractivity (Wildman–Crippen MR) is 190 cm³/mol. The van der Waals surface area contributed by atoms with Crippen LogP contribution < -0.4 is 22.1 Å². The molecule has 2 aliphatic heterocycles. The van der Waals surface area contributed by atoms with Gasteiger partial charge in [-0.05, 0) is 127 Å². The van der Waals surface area contributed by atoms with Crippen molar-refractivity contribution >= 4 is 24.2 Å². The molecule has 0 atom stereocenters. The van der Waals surface area contributed by atoms with Crippen LogP contribution in [0, 0.1) is 23.7 Å². The Morgan fingerprint density at radius 1 is 0.460 bits per heavy atom. The van der Waals surface area contributed by atoms with E-state index in [1.807, 2.05) is 0 Å². The van der Waals surface area contributed by atoms with Gasteiger partial charge in [-0.2, -0.15) is 0 Å². The summed E-state index contributed by atoms with van der Waals surface area (Å²) in [4.78, 5) is 58.4. The fourth-order valence-electron chi connectivity index (χ4n) is 8.32. The lowest BCUT2D eigenvalue weighted by molar-refractivity contribution is 0.0196. The van der Waals surface area contributed by atoms with Crippen LogP contribution in [0.5, 0.6) is 0 Å². The molecule has 0 unspecified atom stereocenters. The van der Waals surface area contributed by atoms with Crippen molar-refractivity contribution in [2.24, 2.45) is 35.1 Å². The van der Waals surface area contributed by atoms with Crippen LogP contribution in [-0.4, -0.2) is 135 Å². The summed E-state index contributed by atoms with van der Waals surface area (Å²) in [5, 5.41) is 6.20. The van der Waals surface area contributed by atoms with Gasteiger partial charge in [0.25, 0.3) is 0 Å². The van der Waals surface area contributed by atoms with Gasteiger partial charge in [0, 0.05) is 65.4 Å². The number of nitrogens with zero attached hydrogens (tertiary/aromatic N) is 4. The third-order valence-electron chi connectivity index (χ3n) is 12.0. The van der Waals surface area contributed by atoms with Gasteiger partial charge in [-0.1, -0.05) is 0 Å². The van der Waals surface area contributed by atoms with E-state index >= 15 is 0 Å². The van der Waals surface area contributed by atoms with E-state index in [9.17, 15) is 19.2 Å². The summed E-state index contributed by atoms with van der Waals surface area (Å²) >= 11 is 0. The number of carbonyl (C=O) groups excluding carboxylic acids is 4.